The van der Waals surface area contributed by atoms with Crippen LogP contribution in [0.3, 0.4) is 0 Å². The number of halogens is 1. The highest BCUT2D eigenvalue weighted by Gasteiger charge is 2.37. The van der Waals surface area contributed by atoms with E-state index in [1.807, 2.05) is 65.4 Å². The number of aromatic nitrogens is 2. The summed E-state index contributed by atoms with van der Waals surface area (Å²) in [5.74, 6) is -0.231. The third kappa shape index (κ3) is 1.92. The maximum atomic E-state index is 14.2. The molecule has 3 heterocycles. The van der Waals surface area contributed by atoms with E-state index in [-0.39, 0.29) is 11.6 Å². The molecule has 132 valence electrons. The van der Waals surface area contributed by atoms with E-state index in [0.717, 1.165) is 33.1 Å². The highest BCUT2D eigenvalue weighted by molar-refractivity contribution is 6.20. The Kier molecular flexibility index (Phi) is 2.93. The predicted octanol–water partition coefficient (Wildman–Crippen LogP) is 4.95. The van der Waals surface area contributed by atoms with Gasteiger partial charge in [0.1, 0.15) is 16.9 Å². The highest BCUT2D eigenvalue weighted by Crippen LogP contribution is 2.34. The second kappa shape index (κ2) is 5.36. The molecule has 3 aromatic carbocycles. The van der Waals surface area contributed by atoms with E-state index in [1.54, 1.807) is 12.1 Å². The van der Waals surface area contributed by atoms with Crippen molar-refractivity contribution in [3.8, 4) is 16.8 Å². The van der Waals surface area contributed by atoms with Gasteiger partial charge in [0.05, 0.1) is 0 Å². The van der Waals surface area contributed by atoms with Crippen LogP contribution in [-0.2, 0) is 0 Å². The fourth-order valence-corrected chi connectivity index (χ4v) is 4.21. The first kappa shape index (κ1) is 15.3. The van der Waals surface area contributed by atoms with Gasteiger partial charge in [0.2, 0.25) is 5.69 Å². The number of fused-ring (bicyclic) bond motifs is 7. The second-order valence-electron chi connectivity index (χ2n) is 7.03. The summed E-state index contributed by atoms with van der Waals surface area (Å²) in [7, 11) is 0. The largest absolute Gasteiger partial charge is 0.349 e. The molecule has 0 bridgehead atoms. The Bertz CT molecular complexity index is 1450. The van der Waals surface area contributed by atoms with Gasteiger partial charge in [-0.25, -0.2) is 4.39 Å². The van der Waals surface area contributed by atoms with Crippen molar-refractivity contribution in [2.75, 3.05) is 0 Å². The second-order valence-corrected chi connectivity index (χ2v) is 7.03. The van der Waals surface area contributed by atoms with Gasteiger partial charge >= 0.3 is 0 Å². The van der Waals surface area contributed by atoms with Crippen molar-refractivity contribution in [3.05, 3.63) is 96.1 Å². The standard InChI is InChI=1S/C24H13FN2O/c25-19-7-3-1-5-15(19)14-9-10-20-18(13-14)16-11-12-27-21-8-4-2-6-17(21)24(28)23(27)22(16)26-20/h1-13H/p+1. The number of hydrogen-bond donors (Lipinski definition) is 1. The number of hydrogen-bond acceptors (Lipinski definition) is 1. The SMILES string of the molecule is O=C1c2ccccc2-[n+]2ccc3c([nH]c4ccc(-c5ccccc5F)cc43)c21. The third-order valence-electron chi connectivity index (χ3n) is 5.51. The molecule has 2 aromatic heterocycles. The molecule has 0 saturated heterocycles. The van der Waals surface area contributed by atoms with Crippen molar-refractivity contribution < 1.29 is 13.8 Å². The first-order valence-corrected chi connectivity index (χ1v) is 9.11. The van der Waals surface area contributed by atoms with Gasteiger partial charge in [-0.2, -0.15) is 4.57 Å². The Morgan fingerprint density at radius 2 is 1.61 bits per heavy atom. The van der Waals surface area contributed by atoms with Crippen molar-refractivity contribution in [1.82, 2.24) is 4.98 Å². The van der Waals surface area contributed by atoms with Gasteiger partial charge in [-0.15, -0.1) is 0 Å². The van der Waals surface area contributed by atoms with Crippen LogP contribution in [0.25, 0.3) is 38.6 Å². The van der Waals surface area contributed by atoms with Crippen LogP contribution in [0.2, 0.25) is 0 Å². The minimum atomic E-state index is -0.247. The third-order valence-corrected chi connectivity index (χ3v) is 5.51. The molecule has 1 N–H and O–H groups in total. The van der Waals surface area contributed by atoms with E-state index in [2.05, 4.69) is 4.98 Å². The molecule has 6 rings (SSSR count). The number of rotatable bonds is 1. The van der Waals surface area contributed by atoms with E-state index < -0.39 is 0 Å². The topological polar surface area (TPSA) is 36.7 Å². The Morgan fingerprint density at radius 3 is 2.46 bits per heavy atom. The zero-order chi connectivity index (χ0) is 18.8. The first-order chi connectivity index (χ1) is 13.7. The number of H-pyrrole nitrogens is 1. The fraction of sp³-hybridized carbons (Fsp3) is 0. The molecule has 0 amide bonds. The summed E-state index contributed by atoms with van der Waals surface area (Å²) in [4.78, 5) is 16.4. The average molecular weight is 365 g/mol. The summed E-state index contributed by atoms with van der Waals surface area (Å²) in [5.41, 5.74) is 5.36. The molecule has 0 fully saturated rings. The summed E-state index contributed by atoms with van der Waals surface area (Å²) < 4.78 is 16.2. The molecule has 0 radical (unpaired) electrons. The lowest BCUT2D eigenvalue weighted by Gasteiger charge is -2.03. The lowest BCUT2D eigenvalue weighted by Crippen LogP contribution is -2.31. The number of carbonyl (C=O) groups excluding carboxylic acids is 1. The van der Waals surface area contributed by atoms with Crippen molar-refractivity contribution in [1.29, 1.82) is 0 Å². The van der Waals surface area contributed by atoms with Gasteiger partial charge in [0, 0.05) is 34.0 Å². The Hall–Kier alpha value is -3.79. The summed E-state index contributed by atoms with van der Waals surface area (Å²) in [6, 6.07) is 22.2. The van der Waals surface area contributed by atoms with Crippen molar-refractivity contribution in [2.24, 2.45) is 0 Å². The van der Waals surface area contributed by atoms with E-state index in [9.17, 15) is 9.18 Å². The minimum absolute atomic E-state index is 0.0158. The number of aromatic amines is 1. The molecule has 1 aliphatic rings. The van der Waals surface area contributed by atoms with Crippen LogP contribution in [0.1, 0.15) is 16.1 Å². The number of nitrogens with one attached hydrogen (secondary N) is 1. The first-order valence-electron chi connectivity index (χ1n) is 9.11. The minimum Gasteiger partial charge on any atom is -0.349 e. The van der Waals surface area contributed by atoms with Crippen LogP contribution in [0.15, 0.2) is 79.0 Å². The Balaban J connectivity index is 1.64. The van der Waals surface area contributed by atoms with Crippen LogP contribution >= 0.6 is 0 Å². The van der Waals surface area contributed by atoms with Gasteiger partial charge in [0.25, 0.3) is 11.5 Å². The summed E-state index contributed by atoms with van der Waals surface area (Å²) >= 11 is 0. The molecular formula is C24H14FN2O+. The predicted molar refractivity (Wildman–Crippen MR) is 106 cm³/mol. The summed E-state index contributed by atoms with van der Waals surface area (Å²) in [6.45, 7) is 0. The van der Waals surface area contributed by atoms with Gasteiger partial charge in [0.15, 0.2) is 6.20 Å². The van der Waals surface area contributed by atoms with Crippen molar-refractivity contribution in [2.45, 2.75) is 0 Å². The van der Waals surface area contributed by atoms with E-state index >= 15 is 0 Å². The summed E-state index contributed by atoms with van der Waals surface area (Å²) in [6.07, 6.45) is 1.93. The number of ketones is 1. The molecule has 28 heavy (non-hydrogen) atoms. The Labute approximate surface area is 159 Å². The van der Waals surface area contributed by atoms with E-state index in [0.29, 0.717) is 16.8 Å². The zero-order valence-electron chi connectivity index (χ0n) is 14.7. The maximum absolute atomic E-state index is 14.2. The maximum Gasteiger partial charge on any atom is 0.284 e. The van der Waals surface area contributed by atoms with E-state index in [4.69, 9.17) is 0 Å². The lowest BCUT2D eigenvalue weighted by molar-refractivity contribution is -0.592. The Morgan fingerprint density at radius 1 is 0.821 bits per heavy atom. The monoisotopic (exact) mass is 365 g/mol. The van der Waals surface area contributed by atoms with Crippen LogP contribution in [0.4, 0.5) is 4.39 Å². The van der Waals surface area contributed by atoms with Gasteiger partial charge in [-0.05, 0) is 29.8 Å². The molecule has 0 spiro atoms. The molecule has 3 nitrogen and oxygen atoms in total. The van der Waals surface area contributed by atoms with Gasteiger partial charge in [-0.3, -0.25) is 4.79 Å². The number of para-hydroxylation sites is 1. The number of carbonyl (C=O) groups is 1. The number of benzene rings is 3. The number of nitrogens with zero attached hydrogens (tertiary/aromatic N) is 1. The van der Waals surface area contributed by atoms with Gasteiger partial charge in [-0.1, -0.05) is 36.4 Å². The summed E-state index contributed by atoms with van der Waals surface area (Å²) in [5, 5.41) is 1.93. The highest BCUT2D eigenvalue weighted by atomic mass is 19.1. The quantitative estimate of drug-likeness (QED) is 0.411. The average Bonchev–Trinajstić information content (AvgIpc) is 3.24. The molecule has 0 atom stereocenters. The molecule has 0 aliphatic carbocycles. The van der Waals surface area contributed by atoms with Crippen LogP contribution in [0.5, 0.6) is 0 Å². The van der Waals surface area contributed by atoms with Crippen molar-refractivity contribution >= 4 is 27.6 Å². The van der Waals surface area contributed by atoms with Crippen molar-refractivity contribution in [3.63, 3.8) is 0 Å². The van der Waals surface area contributed by atoms with Crippen LogP contribution in [-0.4, -0.2) is 10.8 Å². The lowest BCUT2D eigenvalue weighted by atomic mass is 10.0. The van der Waals surface area contributed by atoms with E-state index in [1.165, 1.54) is 6.07 Å². The molecular weight excluding hydrogens is 351 g/mol. The van der Waals surface area contributed by atoms with Crippen LogP contribution < -0.4 is 4.57 Å². The van der Waals surface area contributed by atoms with Gasteiger partial charge < -0.3 is 4.98 Å². The molecule has 1 aliphatic heterocycles. The fourth-order valence-electron chi connectivity index (χ4n) is 4.21. The molecule has 0 saturated carbocycles. The smallest absolute Gasteiger partial charge is 0.284 e. The normalized spacial score (nSPS) is 12.5. The zero-order valence-corrected chi connectivity index (χ0v) is 14.7. The van der Waals surface area contributed by atoms with Crippen LogP contribution in [0, 0.1) is 5.82 Å². The molecule has 0 unspecified atom stereocenters. The number of pyridine rings is 1. The molecule has 5 aromatic rings. The molecule has 4 heteroatoms.